The molecule has 1 heterocycles. The van der Waals surface area contributed by atoms with E-state index in [1.807, 2.05) is 25.1 Å². The van der Waals surface area contributed by atoms with E-state index < -0.39 is 6.10 Å². The van der Waals surface area contributed by atoms with Crippen molar-refractivity contribution >= 4 is 0 Å². The number of rotatable bonds is 3. The normalized spacial score (nSPS) is 18.4. The van der Waals surface area contributed by atoms with Crippen molar-refractivity contribution in [2.75, 3.05) is 0 Å². The van der Waals surface area contributed by atoms with Crippen LogP contribution in [0.4, 0.5) is 4.39 Å². The third-order valence-corrected chi connectivity index (χ3v) is 3.68. The molecule has 3 rings (SSSR count). The van der Waals surface area contributed by atoms with E-state index in [0.717, 1.165) is 23.3 Å². The second-order valence-corrected chi connectivity index (χ2v) is 5.31. The average Bonchev–Trinajstić information content (AvgIpc) is 2.80. The Morgan fingerprint density at radius 1 is 1.30 bits per heavy atom. The van der Waals surface area contributed by atoms with Crippen LogP contribution in [-0.4, -0.2) is 11.2 Å². The Hall–Kier alpha value is -1.87. The van der Waals surface area contributed by atoms with Gasteiger partial charge in [0, 0.05) is 12.8 Å². The summed E-state index contributed by atoms with van der Waals surface area (Å²) < 4.78 is 19.2. The van der Waals surface area contributed by atoms with Crippen molar-refractivity contribution in [3.63, 3.8) is 0 Å². The number of halogens is 1. The lowest BCUT2D eigenvalue weighted by atomic mass is 9.98. The van der Waals surface area contributed by atoms with Gasteiger partial charge >= 0.3 is 0 Å². The van der Waals surface area contributed by atoms with Gasteiger partial charge in [-0.25, -0.2) is 4.39 Å². The minimum absolute atomic E-state index is 0.184. The van der Waals surface area contributed by atoms with Crippen molar-refractivity contribution in [2.24, 2.45) is 0 Å². The first-order valence-corrected chi connectivity index (χ1v) is 6.84. The summed E-state index contributed by atoms with van der Waals surface area (Å²) in [7, 11) is 0. The van der Waals surface area contributed by atoms with E-state index in [9.17, 15) is 9.50 Å². The molecule has 1 aliphatic rings. The molecule has 0 radical (unpaired) electrons. The monoisotopic (exact) mass is 272 g/mol. The minimum atomic E-state index is -0.701. The van der Waals surface area contributed by atoms with Gasteiger partial charge in [0.1, 0.15) is 17.7 Å². The minimum Gasteiger partial charge on any atom is -0.490 e. The van der Waals surface area contributed by atoms with Gasteiger partial charge in [0.25, 0.3) is 0 Å². The first kappa shape index (κ1) is 13.1. The molecular formula is C17H17FO2. The zero-order valence-corrected chi connectivity index (χ0v) is 11.3. The molecule has 2 aromatic carbocycles. The van der Waals surface area contributed by atoms with Gasteiger partial charge in [-0.05, 0) is 41.8 Å². The van der Waals surface area contributed by atoms with Crippen molar-refractivity contribution in [3.05, 3.63) is 65.0 Å². The maximum absolute atomic E-state index is 13.6. The van der Waals surface area contributed by atoms with Gasteiger partial charge in [-0.15, -0.1) is 0 Å². The molecule has 20 heavy (non-hydrogen) atoms. The van der Waals surface area contributed by atoms with Crippen LogP contribution in [0.1, 0.15) is 29.7 Å². The largest absolute Gasteiger partial charge is 0.490 e. The molecule has 104 valence electrons. The predicted octanol–water partition coefficient (Wildman–Crippen LogP) is 3.43. The Labute approximate surface area is 117 Å². The number of hydrogen-bond acceptors (Lipinski definition) is 2. The van der Waals surface area contributed by atoms with Gasteiger partial charge in [-0.3, -0.25) is 0 Å². The van der Waals surface area contributed by atoms with Crippen LogP contribution in [0.3, 0.4) is 0 Å². The number of aliphatic hydroxyl groups excluding tert-OH is 1. The number of hydrogen-bond donors (Lipinski definition) is 1. The molecule has 3 heteroatoms. The summed E-state index contributed by atoms with van der Waals surface area (Å²) in [6.07, 6.45) is 0.620. The maximum Gasteiger partial charge on any atom is 0.126 e. The van der Waals surface area contributed by atoms with Crippen LogP contribution in [0.5, 0.6) is 5.75 Å². The van der Waals surface area contributed by atoms with Crippen molar-refractivity contribution in [1.29, 1.82) is 0 Å². The molecule has 1 N–H and O–H groups in total. The van der Waals surface area contributed by atoms with Crippen molar-refractivity contribution in [1.82, 2.24) is 0 Å². The van der Waals surface area contributed by atoms with E-state index in [4.69, 9.17) is 4.74 Å². The Balaban J connectivity index is 1.80. The van der Waals surface area contributed by atoms with E-state index in [0.29, 0.717) is 5.56 Å². The highest BCUT2D eigenvalue weighted by molar-refractivity contribution is 5.41. The summed E-state index contributed by atoms with van der Waals surface area (Å²) in [6.45, 7) is 2.02. The fraction of sp³-hybridized carbons (Fsp3) is 0.294. The molecule has 0 bridgehead atoms. The highest BCUT2D eigenvalue weighted by Crippen LogP contribution is 2.32. The van der Waals surface area contributed by atoms with Crippen LogP contribution in [0.15, 0.2) is 42.5 Å². The smallest absolute Gasteiger partial charge is 0.126 e. The van der Waals surface area contributed by atoms with Gasteiger partial charge < -0.3 is 9.84 Å². The number of aliphatic hydroxyl groups is 1. The fourth-order valence-electron chi connectivity index (χ4n) is 2.64. The van der Waals surface area contributed by atoms with Gasteiger partial charge in [-0.2, -0.15) is 0 Å². The highest BCUT2D eigenvalue weighted by atomic mass is 19.1. The van der Waals surface area contributed by atoms with Crippen molar-refractivity contribution in [3.8, 4) is 5.75 Å². The van der Waals surface area contributed by atoms with E-state index in [2.05, 4.69) is 0 Å². The summed E-state index contributed by atoms with van der Waals surface area (Å²) in [5.41, 5.74) is 2.46. The molecule has 2 nitrogen and oxygen atoms in total. The standard InChI is InChI=1S/C17H17FO2/c1-11-8-14-9-13(6-7-17(14)20-11)16(19)10-12-4-2-3-5-15(12)18/h2-7,9,11,16,19H,8,10H2,1H3. The van der Waals surface area contributed by atoms with Crippen LogP contribution >= 0.6 is 0 Å². The van der Waals surface area contributed by atoms with Crippen molar-refractivity contribution < 1.29 is 14.2 Å². The first-order chi connectivity index (χ1) is 9.63. The van der Waals surface area contributed by atoms with E-state index in [1.165, 1.54) is 6.07 Å². The molecule has 2 atom stereocenters. The highest BCUT2D eigenvalue weighted by Gasteiger charge is 2.20. The lowest BCUT2D eigenvalue weighted by Crippen LogP contribution is -2.05. The third kappa shape index (κ3) is 2.54. The summed E-state index contributed by atoms with van der Waals surface area (Å²) in [4.78, 5) is 0. The zero-order chi connectivity index (χ0) is 14.1. The maximum atomic E-state index is 13.6. The van der Waals surface area contributed by atoms with Gasteiger partial charge in [0.2, 0.25) is 0 Å². The number of benzene rings is 2. The summed E-state index contributed by atoms with van der Waals surface area (Å²) >= 11 is 0. The predicted molar refractivity (Wildman–Crippen MR) is 75.3 cm³/mol. The molecule has 0 spiro atoms. The molecule has 0 aromatic heterocycles. The Morgan fingerprint density at radius 2 is 2.10 bits per heavy atom. The van der Waals surface area contributed by atoms with Crippen molar-refractivity contribution in [2.45, 2.75) is 32.0 Å². The van der Waals surface area contributed by atoms with Gasteiger partial charge in [0.15, 0.2) is 0 Å². The fourth-order valence-corrected chi connectivity index (χ4v) is 2.64. The Morgan fingerprint density at radius 3 is 2.90 bits per heavy atom. The molecule has 2 aromatic rings. The summed E-state index contributed by atoms with van der Waals surface area (Å²) in [6, 6.07) is 12.3. The van der Waals surface area contributed by atoms with Crippen LogP contribution in [0, 0.1) is 5.82 Å². The molecule has 1 aliphatic heterocycles. The van der Waals surface area contributed by atoms with Gasteiger partial charge in [-0.1, -0.05) is 24.3 Å². The van der Waals surface area contributed by atoms with E-state index in [-0.39, 0.29) is 18.3 Å². The van der Waals surface area contributed by atoms with E-state index >= 15 is 0 Å². The number of fused-ring (bicyclic) bond motifs is 1. The third-order valence-electron chi connectivity index (χ3n) is 3.68. The first-order valence-electron chi connectivity index (χ1n) is 6.84. The topological polar surface area (TPSA) is 29.5 Å². The Kier molecular flexibility index (Phi) is 3.45. The Bertz CT molecular complexity index is 624. The molecule has 0 aliphatic carbocycles. The molecular weight excluding hydrogens is 255 g/mol. The van der Waals surface area contributed by atoms with Crippen LogP contribution in [0.25, 0.3) is 0 Å². The molecule has 0 saturated heterocycles. The van der Waals surface area contributed by atoms with Crippen LogP contribution < -0.4 is 4.74 Å². The van der Waals surface area contributed by atoms with E-state index in [1.54, 1.807) is 18.2 Å². The lowest BCUT2D eigenvalue weighted by Gasteiger charge is -2.12. The second kappa shape index (κ2) is 5.25. The molecule has 2 unspecified atom stereocenters. The molecule has 0 saturated carbocycles. The zero-order valence-electron chi connectivity index (χ0n) is 11.3. The summed E-state index contributed by atoms with van der Waals surface area (Å²) in [5, 5.41) is 10.3. The quantitative estimate of drug-likeness (QED) is 0.927. The van der Waals surface area contributed by atoms with Gasteiger partial charge in [0.05, 0.1) is 6.10 Å². The number of ether oxygens (including phenoxy) is 1. The SMILES string of the molecule is CC1Cc2cc(C(O)Cc3ccccc3F)ccc2O1. The van der Waals surface area contributed by atoms with Crippen LogP contribution in [-0.2, 0) is 12.8 Å². The second-order valence-electron chi connectivity index (χ2n) is 5.31. The average molecular weight is 272 g/mol. The molecule has 0 amide bonds. The molecule has 0 fully saturated rings. The van der Waals surface area contributed by atoms with Crippen LogP contribution in [0.2, 0.25) is 0 Å². The summed E-state index contributed by atoms with van der Waals surface area (Å²) in [5.74, 6) is 0.615. The lowest BCUT2D eigenvalue weighted by molar-refractivity contribution is 0.177.